The van der Waals surface area contributed by atoms with E-state index in [-0.39, 0.29) is 17.2 Å². The smallest absolute Gasteiger partial charge is 0.238 e. The number of nitrogens with zero attached hydrogens (tertiary/aromatic N) is 1. The van der Waals surface area contributed by atoms with Gasteiger partial charge < -0.3 is 5.32 Å². The minimum Gasteiger partial charge on any atom is -0.326 e. The van der Waals surface area contributed by atoms with Crippen molar-refractivity contribution in [2.75, 3.05) is 16.0 Å². The molecular formula is C23H22N2O2S2. The normalized spacial score (nSPS) is 16.3. The minimum atomic E-state index is -0.0558. The molecular weight excluding hydrogens is 400 g/mol. The molecule has 1 fully saturated rings. The predicted molar refractivity (Wildman–Crippen MR) is 122 cm³/mol. The van der Waals surface area contributed by atoms with Crippen molar-refractivity contribution in [3.63, 3.8) is 0 Å². The minimum absolute atomic E-state index is 0.0254. The van der Waals surface area contributed by atoms with Gasteiger partial charge in [-0.1, -0.05) is 35.9 Å². The second kappa shape index (κ2) is 8.43. The first-order chi connectivity index (χ1) is 14.0. The number of hydrogen-bond acceptors (Lipinski definition) is 4. The molecule has 0 bridgehead atoms. The number of rotatable bonds is 5. The molecule has 0 aliphatic carbocycles. The summed E-state index contributed by atoms with van der Waals surface area (Å²) in [5.41, 5.74) is 5.07. The van der Waals surface area contributed by atoms with Crippen LogP contribution in [-0.2, 0) is 16.0 Å². The molecule has 3 aromatic rings. The molecule has 1 unspecified atom stereocenters. The van der Waals surface area contributed by atoms with Crippen LogP contribution in [0.5, 0.6) is 0 Å². The zero-order valence-electron chi connectivity index (χ0n) is 16.3. The number of thiophene rings is 1. The second-order valence-corrected chi connectivity index (χ2v) is 9.24. The van der Waals surface area contributed by atoms with E-state index in [1.165, 1.54) is 5.56 Å². The van der Waals surface area contributed by atoms with Gasteiger partial charge in [0.15, 0.2) is 0 Å². The van der Waals surface area contributed by atoms with Crippen LogP contribution in [0.2, 0.25) is 0 Å². The SMILES string of the molecule is Cc1ccc(N2C(=O)CSC2c2ccc(NC(=O)Cc3cccs3)cc2)c(C)c1. The van der Waals surface area contributed by atoms with E-state index in [9.17, 15) is 9.59 Å². The summed E-state index contributed by atoms with van der Waals surface area (Å²) >= 11 is 3.21. The summed E-state index contributed by atoms with van der Waals surface area (Å²) in [7, 11) is 0. The molecule has 1 aliphatic rings. The number of carbonyl (C=O) groups is 2. The molecule has 0 radical (unpaired) electrons. The van der Waals surface area contributed by atoms with E-state index in [1.807, 2.05) is 65.7 Å². The fourth-order valence-electron chi connectivity index (χ4n) is 3.51. The van der Waals surface area contributed by atoms with Crippen LogP contribution in [0, 0.1) is 13.8 Å². The number of nitrogens with one attached hydrogen (secondary N) is 1. The first kappa shape index (κ1) is 19.7. The van der Waals surface area contributed by atoms with E-state index in [4.69, 9.17) is 0 Å². The number of anilines is 2. The predicted octanol–water partition coefficient (Wildman–Crippen LogP) is 5.32. The Morgan fingerprint density at radius 2 is 1.93 bits per heavy atom. The standard InChI is InChI=1S/C23H22N2O2S2/c1-15-5-10-20(16(2)12-15)25-22(27)14-29-23(25)17-6-8-18(9-7-17)24-21(26)13-19-4-3-11-28-19/h3-12,23H,13-14H2,1-2H3,(H,24,26). The third kappa shape index (κ3) is 4.38. The van der Waals surface area contributed by atoms with Gasteiger partial charge in [-0.05, 0) is 54.6 Å². The lowest BCUT2D eigenvalue weighted by atomic mass is 10.1. The lowest BCUT2D eigenvalue weighted by Gasteiger charge is -2.26. The average molecular weight is 423 g/mol. The number of amides is 2. The summed E-state index contributed by atoms with van der Waals surface area (Å²) in [5, 5.41) is 4.86. The van der Waals surface area contributed by atoms with Crippen molar-refractivity contribution >= 4 is 46.3 Å². The maximum atomic E-state index is 12.6. The van der Waals surface area contributed by atoms with Gasteiger partial charge in [0, 0.05) is 16.3 Å². The summed E-state index contributed by atoms with van der Waals surface area (Å²) in [5.74, 6) is 0.569. The molecule has 1 saturated heterocycles. The van der Waals surface area contributed by atoms with E-state index in [0.29, 0.717) is 12.2 Å². The highest BCUT2D eigenvalue weighted by Crippen LogP contribution is 2.43. The first-order valence-electron chi connectivity index (χ1n) is 9.44. The van der Waals surface area contributed by atoms with Crippen molar-refractivity contribution in [3.8, 4) is 0 Å². The highest BCUT2D eigenvalue weighted by atomic mass is 32.2. The molecule has 1 N–H and O–H groups in total. The summed E-state index contributed by atoms with van der Waals surface area (Å²) in [6, 6.07) is 17.9. The Morgan fingerprint density at radius 1 is 1.14 bits per heavy atom. The van der Waals surface area contributed by atoms with Gasteiger partial charge in [-0.3, -0.25) is 14.5 Å². The maximum Gasteiger partial charge on any atom is 0.238 e. The quantitative estimate of drug-likeness (QED) is 0.605. The number of carbonyl (C=O) groups excluding carboxylic acids is 2. The molecule has 1 aromatic heterocycles. The van der Waals surface area contributed by atoms with Crippen LogP contribution in [-0.4, -0.2) is 17.6 Å². The first-order valence-corrected chi connectivity index (χ1v) is 11.4. The molecule has 0 spiro atoms. The molecule has 29 heavy (non-hydrogen) atoms. The number of hydrogen-bond donors (Lipinski definition) is 1. The zero-order valence-corrected chi connectivity index (χ0v) is 18.0. The Kier molecular flexibility index (Phi) is 5.74. The largest absolute Gasteiger partial charge is 0.326 e. The van der Waals surface area contributed by atoms with E-state index < -0.39 is 0 Å². The van der Waals surface area contributed by atoms with E-state index >= 15 is 0 Å². The number of benzene rings is 2. The maximum absolute atomic E-state index is 12.6. The van der Waals surface area contributed by atoms with Crippen molar-refractivity contribution in [2.24, 2.45) is 0 Å². The van der Waals surface area contributed by atoms with Crippen LogP contribution in [0.25, 0.3) is 0 Å². The molecule has 0 saturated carbocycles. The second-order valence-electron chi connectivity index (χ2n) is 7.14. The third-order valence-corrected chi connectivity index (χ3v) is 6.96. The molecule has 1 aliphatic heterocycles. The highest BCUT2D eigenvalue weighted by molar-refractivity contribution is 8.00. The Bertz CT molecular complexity index is 1030. The van der Waals surface area contributed by atoms with Gasteiger partial charge in [0.25, 0.3) is 0 Å². The van der Waals surface area contributed by atoms with Crippen molar-refractivity contribution in [1.29, 1.82) is 0 Å². The van der Waals surface area contributed by atoms with Crippen LogP contribution in [0.1, 0.15) is 26.9 Å². The molecule has 4 rings (SSSR count). The van der Waals surface area contributed by atoms with Gasteiger partial charge in [0.05, 0.1) is 12.2 Å². The number of thioether (sulfide) groups is 1. The van der Waals surface area contributed by atoms with Gasteiger partial charge in [0.1, 0.15) is 5.37 Å². The van der Waals surface area contributed by atoms with E-state index in [0.717, 1.165) is 27.4 Å². The molecule has 148 valence electrons. The highest BCUT2D eigenvalue weighted by Gasteiger charge is 2.34. The van der Waals surface area contributed by atoms with Gasteiger partial charge >= 0.3 is 0 Å². The van der Waals surface area contributed by atoms with Crippen molar-refractivity contribution in [2.45, 2.75) is 25.6 Å². The van der Waals surface area contributed by atoms with Crippen molar-refractivity contribution in [3.05, 3.63) is 81.5 Å². The Hall–Kier alpha value is -2.57. The summed E-state index contributed by atoms with van der Waals surface area (Å²) in [4.78, 5) is 27.8. The lowest BCUT2D eigenvalue weighted by molar-refractivity contribution is -0.116. The van der Waals surface area contributed by atoms with Crippen LogP contribution < -0.4 is 10.2 Å². The third-order valence-electron chi connectivity index (χ3n) is 4.87. The fraction of sp³-hybridized carbons (Fsp3) is 0.217. The Labute approximate surface area is 178 Å². The summed E-state index contributed by atoms with van der Waals surface area (Å²) in [6.07, 6.45) is 0.382. The van der Waals surface area contributed by atoms with Crippen LogP contribution in [0.3, 0.4) is 0 Å². The van der Waals surface area contributed by atoms with Crippen molar-refractivity contribution in [1.82, 2.24) is 0 Å². The zero-order chi connectivity index (χ0) is 20.4. The molecule has 2 amide bonds. The van der Waals surface area contributed by atoms with Gasteiger partial charge in [0.2, 0.25) is 11.8 Å². The van der Waals surface area contributed by atoms with Crippen LogP contribution in [0.4, 0.5) is 11.4 Å². The van der Waals surface area contributed by atoms with Gasteiger partial charge in [-0.25, -0.2) is 0 Å². The Morgan fingerprint density at radius 3 is 2.62 bits per heavy atom. The van der Waals surface area contributed by atoms with Crippen LogP contribution in [0.15, 0.2) is 60.0 Å². The molecule has 6 heteroatoms. The van der Waals surface area contributed by atoms with E-state index in [2.05, 4.69) is 18.3 Å². The fourth-order valence-corrected chi connectivity index (χ4v) is 5.39. The molecule has 4 nitrogen and oxygen atoms in total. The average Bonchev–Trinajstić information content (AvgIpc) is 3.32. The van der Waals surface area contributed by atoms with Crippen LogP contribution >= 0.6 is 23.1 Å². The Balaban J connectivity index is 1.50. The summed E-state index contributed by atoms with van der Waals surface area (Å²) in [6.45, 7) is 4.10. The van der Waals surface area contributed by atoms with E-state index in [1.54, 1.807) is 23.1 Å². The van der Waals surface area contributed by atoms with Crippen molar-refractivity contribution < 1.29 is 9.59 Å². The summed E-state index contributed by atoms with van der Waals surface area (Å²) < 4.78 is 0. The topological polar surface area (TPSA) is 49.4 Å². The van der Waals surface area contributed by atoms with Gasteiger partial charge in [-0.15, -0.1) is 23.1 Å². The van der Waals surface area contributed by atoms with Gasteiger partial charge in [-0.2, -0.15) is 0 Å². The lowest BCUT2D eigenvalue weighted by Crippen LogP contribution is -2.28. The molecule has 2 aromatic carbocycles. The monoisotopic (exact) mass is 422 g/mol. The molecule has 1 atom stereocenters. The number of aryl methyl sites for hydroxylation is 2. The molecule has 2 heterocycles.